The summed E-state index contributed by atoms with van der Waals surface area (Å²) in [6.45, 7) is 2.19. The van der Waals surface area contributed by atoms with Crippen molar-refractivity contribution in [2.24, 2.45) is 0 Å². The second kappa shape index (κ2) is 6.72. The fourth-order valence-electron chi connectivity index (χ4n) is 1.21. The Bertz CT molecular complexity index is 262. The topological polar surface area (TPSA) is 12.0 Å². The smallest absolute Gasteiger partial charge is 0.0931 e. The molecule has 1 atom stereocenters. The van der Waals surface area contributed by atoms with E-state index >= 15 is 0 Å². The monoisotopic (exact) mass is 249 g/mol. The zero-order valence-corrected chi connectivity index (χ0v) is 10.9. The fraction of sp³-hybridized carbons (Fsp3) is 0.600. The minimum Gasteiger partial charge on any atom is -0.316 e. The van der Waals surface area contributed by atoms with Gasteiger partial charge in [-0.1, -0.05) is 18.5 Å². The molecule has 4 heteroatoms. The van der Waals surface area contributed by atoms with Crippen molar-refractivity contribution in [3.63, 3.8) is 0 Å². The van der Waals surface area contributed by atoms with Crippen LogP contribution < -0.4 is 5.32 Å². The number of hydrogen-bond donors (Lipinski definition) is 1. The van der Waals surface area contributed by atoms with E-state index in [0.29, 0.717) is 6.04 Å². The molecule has 0 fully saturated rings. The molecule has 0 spiro atoms. The molecule has 0 saturated carbocycles. The molecule has 80 valence electrons. The summed E-state index contributed by atoms with van der Waals surface area (Å²) in [6, 6.07) is 4.66. The van der Waals surface area contributed by atoms with Crippen LogP contribution in [0.1, 0.15) is 11.8 Å². The van der Waals surface area contributed by atoms with Crippen LogP contribution in [0.25, 0.3) is 0 Å². The fourth-order valence-corrected chi connectivity index (χ4v) is 3.18. The summed E-state index contributed by atoms with van der Waals surface area (Å²) < 4.78 is 0.887. The molecule has 1 unspecified atom stereocenters. The lowest BCUT2D eigenvalue weighted by atomic mass is 10.2. The second-order valence-electron chi connectivity index (χ2n) is 3.06. The maximum atomic E-state index is 5.88. The van der Waals surface area contributed by atoms with E-state index in [-0.39, 0.29) is 0 Å². The number of likely N-dealkylation sites (N-methyl/N-ethyl adjacent to an activating group) is 1. The summed E-state index contributed by atoms with van der Waals surface area (Å²) in [7, 11) is 2.02. The van der Waals surface area contributed by atoms with E-state index in [2.05, 4.69) is 18.3 Å². The van der Waals surface area contributed by atoms with Crippen LogP contribution >= 0.6 is 34.7 Å². The van der Waals surface area contributed by atoms with Crippen molar-refractivity contribution < 1.29 is 0 Å². The Labute approximate surface area is 99.2 Å². The van der Waals surface area contributed by atoms with Gasteiger partial charge >= 0.3 is 0 Å². The van der Waals surface area contributed by atoms with Gasteiger partial charge in [0.2, 0.25) is 0 Å². The SMILES string of the molecule is CCSCC(Cc1ccc(Cl)s1)NC. The number of hydrogen-bond acceptors (Lipinski definition) is 3. The molecule has 1 heterocycles. The molecule has 1 rings (SSSR count). The maximum absolute atomic E-state index is 5.88. The largest absolute Gasteiger partial charge is 0.316 e. The van der Waals surface area contributed by atoms with E-state index in [0.717, 1.165) is 10.8 Å². The third-order valence-corrected chi connectivity index (χ3v) is 4.31. The summed E-state index contributed by atoms with van der Waals surface area (Å²) >= 11 is 9.54. The lowest BCUT2D eigenvalue weighted by molar-refractivity contribution is 0.622. The number of halogens is 1. The van der Waals surface area contributed by atoms with Crippen molar-refractivity contribution in [3.8, 4) is 0 Å². The molecule has 0 saturated heterocycles. The van der Waals surface area contributed by atoms with E-state index in [1.807, 2.05) is 24.9 Å². The van der Waals surface area contributed by atoms with E-state index in [1.54, 1.807) is 11.3 Å². The van der Waals surface area contributed by atoms with Gasteiger partial charge in [-0.2, -0.15) is 11.8 Å². The molecule has 0 bridgehead atoms. The zero-order chi connectivity index (χ0) is 10.4. The summed E-state index contributed by atoms with van der Waals surface area (Å²) in [6.07, 6.45) is 1.08. The van der Waals surface area contributed by atoms with Gasteiger partial charge in [0, 0.05) is 16.7 Å². The van der Waals surface area contributed by atoms with Gasteiger partial charge in [-0.25, -0.2) is 0 Å². The summed E-state index contributed by atoms with van der Waals surface area (Å²) in [5.41, 5.74) is 0. The number of thioether (sulfide) groups is 1. The lowest BCUT2D eigenvalue weighted by Gasteiger charge is -2.13. The Hall–Kier alpha value is 0.300. The summed E-state index contributed by atoms with van der Waals surface area (Å²) in [5.74, 6) is 2.35. The third kappa shape index (κ3) is 4.22. The van der Waals surface area contributed by atoms with Gasteiger partial charge in [-0.15, -0.1) is 11.3 Å². The lowest BCUT2D eigenvalue weighted by Crippen LogP contribution is -2.29. The molecule has 14 heavy (non-hydrogen) atoms. The minimum atomic E-state index is 0.565. The summed E-state index contributed by atoms with van der Waals surface area (Å²) in [5, 5.41) is 3.34. The first-order valence-corrected chi connectivity index (χ1v) is 7.10. The van der Waals surface area contributed by atoms with Crippen molar-refractivity contribution in [1.82, 2.24) is 5.32 Å². The Morgan fingerprint density at radius 1 is 1.57 bits per heavy atom. The van der Waals surface area contributed by atoms with Gasteiger partial charge in [0.05, 0.1) is 4.34 Å². The molecule has 0 aliphatic carbocycles. The standard InChI is InChI=1S/C10H16ClNS2/c1-3-13-7-8(12-2)6-9-4-5-10(11)14-9/h4-5,8,12H,3,6-7H2,1-2H3. The van der Waals surface area contributed by atoms with Crippen LogP contribution in [-0.2, 0) is 6.42 Å². The van der Waals surface area contributed by atoms with Crippen LogP contribution in [0.5, 0.6) is 0 Å². The molecule has 1 nitrogen and oxygen atoms in total. The molecule has 1 N–H and O–H groups in total. The number of rotatable bonds is 6. The van der Waals surface area contributed by atoms with Gasteiger partial charge in [-0.05, 0) is 31.4 Å². The quantitative estimate of drug-likeness (QED) is 0.831. The van der Waals surface area contributed by atoms with Gasteiger partial charge in [0.15, 0.2) is 0 Å². The highest BCUT2D eigenvalue weighted by Gasteiger charge is 2.08. The van der Waals surface area contributed by atoms with Crippen LogP contribution in [0.2, 0.25) is 4.34 Å². The predicted octanol–water partition coefficient (Wildman–Crippen LogP) is 3.29. The van der Waals surface area contributed by atoms with Crippen LogP contribution in [-0.4, -0.2) is 24.6 Å². The molecule has 0 aliphatic rings. The Morgan fingerprint density at radius 2 is 2.36 bits per heavy atom. The van der Waals surface area contributed by atoms with Crippen molar-refractivity contribution in [2.75, 3.05) is 18.6 Å². The predicted molar refractivity (Wildman–Crippen MR) is 68.9 cm³/mol. The molecule has 0 aliphatic heterocycles. The van der Waals surface area contributed by atoms with Crippen molar-refractivity contribution in [1.29, 1.82) is 0 Å². The van der Waals surface area contributed by atoms with Gasteiger partial charge in [0.25, 0.3) is 0 Å². The van der Waals surface area contributed by atoms with Crippen LogP contribution in [0.3, 0.4) is 0 Å². The molecular weight excluding hydrogens is 234 g/mol. The van der Waals surface area contributed by atoms with Crippen LogP contribution in [0.4, 0.5) is 0 Å². The maximum Gasteiger partial charge on any atom is 0.0931 e. The van der Waals surface area contributed by atoms with E-state index in [9.17, 15) is 0 Å². The number of nitrogens with one attached hydrogen (secondary N) is 1. The first-order valence-electron chi connectivity index (χ1n) is 4.75. The van der Waals surface area contributed by atoms with Crippen molar-refractivity contribution in [2.45, 2.75) is 19.4 Å². The van der Waals surface area contributed by atoms with Gasteiger partial charge in [0.1, 0.15) is 0 Å². The third-order valence-electron chi connectivity index (χ3n) is 2.01. The molecular formula is C10H16ClNS2. The summed E-state index contributed by atoms with van der Waals surface area (Å²) in [4.78, 5) is 1.37. The van der Waals surface area contributed by atoms with Gasteiger partial charge < -0.3 is 5.32 Å². The van der Waals surface area contributed by atoms with E-state index in [1.165, 1.54) is 16.4 Å². The first-order chi connectivity index (χ1) is 6.76. The molecule has 0 aromatic carbocycles. The Kier molecular flexibility index (Phi) is 5.94. The second-order valence-corrected chi connectivity index (χ2v) is 6.17. The Morgan fingerprint density at radius 3 is 2.86 bits per heavy atom. The molecule has 0 radical (unpaired) electrons. The molecule has 1 aromatic rings. The zero-order valence-electron chi connectivity index (χ0n) is 8.55. The average Bonchev–Trinajstić information content (AvgIpc) is 2.58. The number of thiophene rings is 1. The first kappa shape index (κ1) is 12.4. The molecule has 0 amide bonds. The highest BCUT2D eigenvalue weighted by molar-refractivity contribution is 7.99. The van der Waals surface area contributed by atoms with Crippen molar-refractivity contribution in [3.05, 3.63) is 21.3 Å². The highest BCUT2D eigenvalue weighted by atomic mass is 35.5. The Balaban J connectivity index is 2.40. The minimum absolute atomic E-state index is 0.565. The molecule has 1 aromatic heterocycles. The van der Waals surface area contributed by atoms with Crippen LogP contribution in [0.15, 0.2) is 12.1 Å². The normalized spacial score (nSPS) is 13.1. The highest BCUT2D eigenvalue weighted by Crippen LogP contribution is 2.23. The van der Waals surface area contributed by atoms with Gasteiger partial charge in [-0.3, -0.25) is 0 Å². The van der Waals surface area contributed by atoms with E-state index < -0.39 is 0 Å². The van der Waals surface area contributed by atoms with Crippen LogP contribution in [0, 0.1) is 0 Å². The van der Waals surface area contributed by atoms with Crippen molar-refractivity contribution >= 4 is 34.7 Å². The average molecular weight is 250 g/mol. The van der Waals surface area contributed by atoms with E-state index in [4.69, 9.17) is 11.6 Å².